The van der Waals surface area contributed by atoms with E-state index in [0.29, 0.717) is 18.0 Å². The molecule has 0 heterocycles. The minimum Gasteiger partial charge on any atom is -0.492 e. The normalized spacial score (nSPS) is 12.2. The zero-order valence-corrected chi connectivity index (χ0v) is 10.6. The van der Waals surface area contributed by atoms with Crippen LogP contribution in [0.3, 0.4) is 0 Å². The fourth-order valence-electron chi connectivity index (χ4n) is 1.56. The van der Waals surface area contributed by atoms with Crippen molar-refractivity contribution >= 4 is 11.4 Å². The Balaban J connectivity index is 2.45. The Morgan fingerprint density at radius 3 is 2.88 bits per heavy atom. The van der Waals surface area contributed by atoms with Gasteiger partial charge in [0.2, 0.25) is 0 Å². The molecule has 96 valence electrons. The molecule has 0 fully saturated rings. The van der Waals surface area contributed by atoms with E-state index in [2.05, 4.69) is 5.32 Å². The first-order valence-electron chi connectivity index (χ1n) is 6.07. The van der Waals surface area contributed by atoms with Crippen molar-refractivity contribution in [2.75, 3.05) is 24.2 Å². The summed E-state index contributed by atoms with van der Waals surface area (Å²) in [4.78, 5) is 0. The van der Waals surface area contributed by atoms with Crippen molar-refractivity contribution in [3.8, 4) is 5.75 Å². The number of hydrogen-bond donors (Lipinski definition) is 3. The van der Waals surface area contributed by atoms with Crippen molar-refractivity contribution in [1.82, 2.24) is 0 Å². The average molecular weight is 238 g/mol. The number of nitrogens with two attached hydrogens (primary N) is 1. The van der Waals surface area contributed by atoms with Crippen LogP contribution in [-0.2, 0) is 0 Å². The van der Waals surface area contributed by atoms with Crippen LogP contribution in [0.5, 0.6) is 5.75 Å². The van der Waals surface area contributed by atoms with Gasteiger partial charge in [-0.1, -0.05) is 0 Å². The average Bonchev–Trinajstić information content (AvgIpc) is 2.28. The van der Waals surface area contributed by atoms with Gasteiger partial charge in [-0.05, 0) is 38.8 Å². The van der Waals surface area contributed by atoms with Gasteiger partial charge in [0.05, 0.1) is 18.4 Å². The molecule has 0 amide bonds. The van der Waals surface area contributed by atoms with Crippen LogP contribution in [0.1, 0.15) is 26.7 Å². The van der Waals surface area contributed by atoms with Crippen LogP contribution >= 0.6 is 0 Å². The van der Waals surface area contributed by atoms with Crippen LogP contribution in [0.2, 0.25) is 0 Å². The molecule has 0 radical (unpaired) electrons. The van der Waals surface area contributed by atoms with E-state index in [0.717, 1.165) is 25.1 Å². The Labute approximate surface area is 103 Å². The van der Waals surface area contributed by atoms with E-state index in [1.807, 2.05) is 25.1 Å². The SMILES string of the molecule is CCOc1cc(NCCCC(C)O)ccc1N. The Hall–Kier alpha value is -1.42. The fourth-order valence-corrected chi connectivity index (χ4v) is 1.56. The first-order valence-corrected chi connectivity index (χ1v) is 6.07. The number of aliphatic hydroxyl groups is 1. The Morgan fingerprint density at radius 1 is 1.47 bits per heavy atom. The van der Waals surface area contributed by atoms with Gasteiger partial charge in [-0.25, -0.2) is 0 Å². The first-order chi connectivity index (χ1) is 8.13. The molecular weight excluding hydrogens is 216 g/mol. The van der Waals surface area contributed by atoms with E-state index in [1.54, 1.807) is 6.92 Å². The smallest absolute Gasteiger partial charge is 0.144 e. The van der Waals surface area contributed by atoms with Gasteiger partial charge in [-0.3, -0.25) is 0 Å². The first kappa shape index (κ1) is 13.6. The van der Waals surface area contributed by atoms with Crippen molar-refractivity contribution in [3.05, 3.63) is 18.2 Å². The zero-order chi connectivity index (χ0) is 12.7. The number of nitrogens with one attached hydrogen (secondary N) is 1. The lowest BCUT2D eigenvalue weighted by Gasteiger charge is -2.11. The highest BCUT2D eigenvalue weighted by molar-refractivity contribution is 5.61. The summed E-state index contributed by atoms with van der Waals surface area (Å²) in [7, 11) is 0. The number of ether oxygens (including phenoxy) is 1. The van der Waals surface area contributed by atoms with Crippen molar-refractivity contribution in [1.29, 1.82) is 0 Å². The molecule has 1 unspecified atom stereocenters. The summed E-state index contributed by atoms with van der Waals surface area (Å²) >= 11 is 0. The minimum absolute atomic E-state index is 0.234. The van der Waals surface area contributed by atoms with Crippen molar-refractivity contribution in [3.63, 3.8) is 0 Å². The zero-order valence-electron chi connectivity index (χ0n) is 10.6. The molecule has 0 saturated carbocycles. The Morgan fingerprint density at radius 2 is 2.24 bits per heavy atom. The van der Waals surface area contributed by atoms with E-state index in [1.165, 1.54) is 0 Å². The quantitative estimate of drug-likeness (QED) is 0.503. The van der Waals surface area contributed by atoms with Crippen molar-refractivity contribution < 1.29 is 9.84 Å². The second kappa shape index (κ2) is 7.01. The topological polar surface area (TPSA) is 67.5 Å². The number of aliphatic hydroxyl groups excluding tert-OH is 1. The molecule has 1 rings (SSSR count). The van der Waals surface area contributed by atoms with E-state index in [4.69, 9.17) is 15.6 Å². The largest absolute Gasteiger partial charge is 0.492 e. The van der Waals surface area contributed by atoms with Crippen LogP contribution in [0, 0.1) is 0 Å². The number of nitrogen functional groups attached to an aromatic ring is 1. The standard InChI is InChI=1S/C13H22N2O2/c1-3-17-13-9-11(6-7-12(13)14)15-8-4-5-10(2)16/h6-7,9-10,15-16H,3-5,8,14H2,1-2H3. The maximum atomic E-state index is 9.14. The summed E-state index contributed by atoms with van der Waals surface area (Å²) in [5.74, 6) is 0.716. The number of hydrogen-bond acceptors (Lipinski definition) is 4. The van der Waals surface area contributed by atoms with Crippen LogP contribution in [0.25, 0.3) is 0 Å². The fraction of sp³-hybridized carbons (Fsp3) is 0.538. The lowest BCUT2D eigenvalue weighted by atomic mass is 10.2. The minimum atomic E-state index is -0.234. The number of benzene rings is 1. The van der Waals surface area contributed by atoms with Crippen molar-refractivity contribution in [2.45, 2.75) is 32.8 Å². The molecule has 0 bridgehead atoms. The summed E-state index contributed by atoms with van der Waals surface area (Å²) < 4.78 is 5.42. The van der Waals surface area contributed by atoms with Gasteiger partial charge in [-0.2, -0.15) is 0 Å². The predicted molar refractivity (Wildman–Crippen MR) is 71.4 cm³/mol. The molecule has 17 heavy (non-hydrogen) atoms. The van der Waals surface area contributed by atoms with Gasteiger partial charge >= 0.3 is 0 Å². The van der Waals surface area contributed by atoms with Crippen LogP contribution in [0.4, 0.5) is 11.4 Å². The lowest BCUT2D eigenvalue weighted by molar-refractivity contribution is 0.183. The number of rotatable bonds is 7. The molecule has 4 heteroatoms. The lowest BCUT2D eigenvalue weighted by Crippen LogP contribution is -2.07. The molecule has 0 aromatic heterocycles. The molecule has 1 aromatic carbocycles. The summed E-state index contributed by atoms with van der Waals surface area (Å²) in [6, 6.07) is 5.67. The summed E-state index contributed by atoms with van der Waals surface area (Å²) in [6.45, 7) is 5.18. The number of anilines is 2. The van der Waals surface area contributed by atoms with Gasteiger partial charge in [0.25, 0.3) is 0 Å². The highest BCUT2D eigenvalue weighted by Gasteiger charge is 2.01. The van der Waals surface area contributed by atoms with E-state index in [-0.39, 0.29) is 6.10 Å². The second-order valence-electron chi connectivity index (χ2n) is 4.10. The molecule has 0 aliphatic heterocycles. The van der Waals surface area contributed by atoms with Gasteiger partial charge in [0.15, 0.2) is 0 Å². The van der Waals surface area contributed by atoms with Gasteiger partial charge in [-0.15, -0.1) is 0 Å². The molecule has 1 atom stereocenters. The predicted octanol–water partition coefficient (Wildman–Crippen LogP) is 2.24. The summed E-state index contributed by atoms with van der Waals surface area (Å²) in [6.07, 6.45) is 1.51. The van der Waals surface area contributed by atoms with Gasteiger partial charge < -0.3 is 20.9 Å². The van der Waals surface area contributed by atoms with Crippen molar-refractivity contribution in [2.24, 2.45) is 0 Å². The van der Waals surface area contributed by atoms with E-state index < -0.39 is 0 Å². The van der Waals surface area contributed by atoms with Crippen LogP contribution < -0.4 is 15.8 Å². The third kappa shape index (κ3) is 4.95. The molecule has 4 N–H and O–H groups in total. The van der Waals surface area contributed by atoms with E-state index in [9.17, 15) is 0 Å². The second-order valence-corrected chi connectivity index (χ2v) is 4.10. The maximum absolute atomic E-state index is 9.14. The molecule has 0 spiro atoms. The Bertz CT molecular complexity index is 340. The maximum Gasteiger partial charge on any atom is 0.144 e. The summed E-state index contributed by atoms with van der Waals surface area (Å²) in [5, 5.41) is 12.4. The molecule has 0 aliphatic carbocycles. The monoisotopic (exact) mass is 238 g/mol. The molecular formula is C13H22N2O2. The third-order valence-corrected chi connectivity index (χ3v) is 2.44. The molecule has 0 aliphatic rings. The van der Waals surface area contributed by atoms with Crippen LogP contribution in [0.15, 0.2) is 18.2 Å². The highest BCUT2D eigenvalue weighted by atomic mass is 16.5. The Kier molecular flexibility index (Phi) is 5.63. The molecule has 4 nitrogen and oxygen atoms in total. The van der Waals surface area contributed by atoms with Crippen LogP contribution in [-0.4, -0.2) is 24.4 Å². The molecule has 1 aromatic rings. The highest BCUT2D eigenvalue weighted by Crippen LogP contribution is 2.25. The van der Waals surface area contributed by atoms with E-state index >= 15 is 0 Å². The van der Waals surface area contributed by atoms with Gasteiger partial charge in [0.1, 0.15) is 5.75 Å². The third-order valence-electron chi connectivity index (χ3n) is 2.44. The molecule has 0 saturated heterocycles. The summed E-state index contributed by atoms with van der Waals surface area (Å²) in [5.41, 5.74) is 7.43. The van der Waals surface area contributed by atoms with Gasteiger partial charge in [0, 0.05) is 18.3 Å².